The molecular formula is C23H23N5O3S. The molecule has 32 heavy (non-hydrogen) atoms. The van der Waals surface area contributed by atoms with Crippen LogP contribution < -0.4 is 5.32 Å². The topological polar surface area (TPSA) is 113 Å². The minimum Gasteiger partial charge on any atom is -0.480 e. The fraction of sp³-hybridized carbons (Fsp3) is 0.217. The molecule has 8 nitrogen and oxygen atoms in total. The number of carbonyl (C=O) groups is 2. The number of amides is 1. The molecule has 0 radical (unpaired) electrons. The van der Waals surface area contributed by atoms with Gasteiger partial charge in [0, 0.05) is 36.1 Å². The number of carbonyl (C=O) groups excluding carboxylic acids is 1. The zero-order valence-corrected chi connectivity index (χ0v) is 18.5. The largest absolute Gasteiger partial charge is 0.480 e. The number of para-hydroxylation sites is 1. The first-order valence-electron chi connectivity index (χ1n) is 10.1. The van der Waals surface area contributed by atoms with Gasteiger partial charge < -0.3 is 20.0 Å². The van der Waals surface area contributed by atoms with Crippen LogP contribution >= 0.6 is 11.8 Å². The summed E-state index contributed by atoms with van der Waals surface area (Å²) in [6.07, 6.45) is 1.98. The highest BCUT2D eigenvalue weighted by atomic mass is 32.2. The molecule has 1 amide bonds. The molecule has 0 fully saturated rings. The van der Waals surface area contributed by atoms with Crippen molar-refractivity contribution in [2.45, 2.75) is 24.5 Å². The van der Waals surface area contributed by atoms with Gasteiger partial charge in [-0.1, -0.05) is 59.8 Å². The van der Waals surface area contributed by atoms with Crippen LogP contribution in [0.15, 0.2) is 59.9 Å². The van der Waals surface area contributed by atoms with Crippen LogP contribution in [0.5, 0.6) is 0 Å². The van der Waals surface area contributed by atoms with Crippen LogP contribution in [0.1, 0.15) is 11.1 Å². The summed E-state index contributed by atoms with van der Waals surface area (Å²) in [4.78, 5) is 27.4. The van der Waals surface area contributed by atoms with Crippen molar-refractivity contribution >= 4 is 34.5 Å². The Bertz CT molecular complexity index is 1260. The molecule has 4 rings (SSSR count). The number of rotatable bonds is 8. The molecule has 9 heteroatoms. The summed E-state index contributed by atoms with van der Waals surface area (Å²) in [7, 11) is 1.84. The minimum absolute atomic E-state index is 0.0392. The van der Waals surface area contributed by atoms with Gasteiger partial charge in [-0.15, -0.1) is 10.2 Å². The van der Waals surface area contributed by atoms with Crippen LogP contribution in [0.2, 0.25) is 0 Å². The first-order chi connectivity index (χ1) is 15.4. The van der Waals surface area contributed by atoms with Gasteiger partial charge in [0.15, 0.2) is 11.0 Å². The molecule has 4 aromatic rings. The van der Waals surface area contributed by atoms with Gasteiger partial charge in [0.25, 0.3) is 0 Å². The van der Waals surface area contributed by atoms with E-state index >= 15 is 0 Å². The van der Waals surface area contributed by atoms with Crippen LogP contribution in [-0.4, -0.2) is 48.5 Å². The standard InChI is InChI=1S/C23H23N5O3S/c1-14-7-9-15(10-8-14)21-26-27-23(28(21)2)32-13-20(29)25-19(22(30)31)11-16-12-24-18-6-4-3-5-17(16)18/h3-10,12,19,24H,11,13H2,1-2H3,(H,25,29)(H,30,31)/t19-/m1/s1. The molecular weight excluding hydrogens is 426 g/mol. The van der Waals surface area contributed by atoms with Gasteiger partial charge in [0.2, 0.25) is 5.91 Å². The average Bonchev–Trinajstić information content (AvgIpc) is 3.36. The van der Waals surface area contributed by atoms with Gasteiger partial charge in [-0.3, -0.25) is 4.79 Å². The van der Waals surface area contributed by atoms with Gasteiger partial charge in [0.05, 0.1) is 5.75 Å². The van der Waals surface area contributed by atoms with Crippen LogP contribution in [0.4, 0.5) is 0 Å². The Kier molecular flexibility index (Phi) is 6.27. The second-order valence-electron chi connectivity index (χ2n) is 7.54. The van der Waals surface area contributed by atoms with E-state index < -0.39 is 12.0 Å². The Morgan fingerprint density at radius 3 is 2.66 bits per heavy atom. The lowest BCUT2D eigenvalue weighted by molar-refractivity contribution is -0.141. The normalized spacial score (nSPS) is 12.1. The second-order valence-corrected chi connectivity index (χ2v) is 8.48. The van der Waals surface area contributed by atoms with Gasteiger partial charge in [-0.25, -0.2) is 4.79 Å². The SMILES string of the molecule is Cc1ccc(-c2nnc(SCC(=O)N[C@H](Cc3c[nH]c4ccccc34)C(=O)O)n2C)cc1. The van der Waals surface area contributed by atoms with Gasteiger partial charge >= 0.3 is 5.97 Å². The number of nitrogens with zero attached hydrogens (tertiary/aromatic N) is 3. The van der Waals surface area contributed by atoms with E-state index in [0.29, 0.717) is 11.0 Å². The second kappa shape index (κ2) is 9.27. The number of nitrogens with one attached hydrogen (secondary N) is 2. The third-order valence-corrected chi connectivity index (χ3v) is 6.23. The lowest BCUT2D eigenvalue weighted by atomic mass is 10.1. The molecule has 0 spiro atoms. The summed E-state index contributed by atoms with van der Waals surface area (Å²) in [5.41, 5.74) is 3.87. The van der Waals surface area contributed by atoms with Crippen molar-refractivity contribution in [1.29, 1.82) is 0 Å². The summed E-state index contributed by atoms with van der Waals surface area (Å²) in [6.45, 7) is 2.02. The number of fused-ring (bicyclic) bond motifs is 1. The quantitative estimate of drug-likeness (QED) is 0.356. The monoisotopic (exact) mass is 449 g/mol. The number of aliphatic carboxylic acids is 1. The summed E-state index contributed by atoms with van der Waals surface area (Å²) >= 11 is 1.22. The maximum Gasteiger partial charge on any atom is 0.326 e. The van der Waals surface area contributed by atoms with Crippen molar-refractivity contribution in [3.63, 3.8) is 0 Å². The van der Waals surface area contributed by atoms with Crippen molar-refractivity contribution < 1.29 is 14.7 Å². The number of H-pyrrole nitrogens is 1. The van der Waals surface area contributed by atoms with Crippen LogP contribution in [-0.2, 0) is 23.1 Å². The Morgan fingerprint density at radius 1 is 1.16 bits per heavy atom. The molecule has 0 bridgehead atoms. The predicted octanol–water partition coefficient (Wildman–Crippen LogP) is 3.18. The van der Waals surface area contributed by atoms with Crippen molar-refractivity contribution in [3.8, 4) is 11.4 Å². The van der Waals surface area contributed by atoms with E-state index in [0.717, 1.165) is 27.6 Å². The summed E-state index contributed by atoms with van der Waals surface area (Å²) in [6, 6.07) is 14.6. The molecule has 0 saturated carbocycles. The Balaban J connectivity index is 1.39. The highest BCUT2D eigenvalue weighted by Gasteiger charge is 2.22. The molecule has 0 unspecified atom stereocenters. The first kappa shape index (κ1) is 21.6. The number of aromatic nitrogens is 4. The van der Waals surface area contributed by atoms with Crippen molar-refractivity contribution in [1.82, 2.24) is 25.1 Å². The van der Waals surface area contributed by atoms with E-state index in [4.69, 9.17) is 0 Å². The molecule has 1 atom stereocenters. The van der Waals surface area contributed by atoms with E-state index in [9.17, 15) is 14.7 Å². The van der Waals surface area contributed by atoms with E-state index in [1.54, 1.807) is 6.20 Å². The van der Waals surface area contributed by atoms with Crippen molar-refractivity contribution in [2.24, 2.45) is 7.05 Å². The first-order valence-corrected chi connectivity index (χ1v) is 11.1. The number of thioether (sulfide) groups is 1. The van der Waals surface area contributed by atoms with Gasteiger partial charge in [-0.05, 0) is 18.6 Å². The smallest absolute Gasteiger partial charge is 0.326 e. The molecule has 0 aliphatic heterocycles. The molecule has 2 aromatic carbocycles. The number of benzene rings is 2. The summed E-state index contributed by atoms with van der Waals surface area (Å²) in [5.74, 6) is -0.705. The number of carboxylic acid groups (broad SMARTS) is 1. The molecule has 2 heterocycles. The Labute approximate surface area is 189 Å². The molecule has 0 aliphatic rings. The maximum absolute atomic E-state index is 12.5. The van der Waals surface area contributed by atoms with Crippen molar-refractivity contribution in [2.75, 3.05) is 5.75 Å². The highest BCUT2D eigenvalue weighted by molar-refractivity contribution is 7.99. The van der Waals surface area contributed by atoms with E-state index in [2.05, 4.69) is 20.5 Å². The minimum atomic E-state index is -1.08. The fourth-order valence-corrected chi connectivity index (χ4v) is 4.20. The van der Waals surface area contributed by atoms with Gasteiger partial charge in [-0.2, -0.15) is 0 Å². The number of aryl methyl sites for hydroxylation is 1. The van der Waals surface area contributed by atoms with E-state index in [1.807, 2.05) is 67.1 Å². The maximum atomic E-state index is 12.5. The molecule has 164 valence electrons. The fourth-order valence-electron chi connectivity index (χ4n) is 3.48. The predicted molar refractivity (Wildman–Crippen MR) is 123 cm³/mol. The molecule has 0 aliphatic carbocycles. The third-order valence-electron chi connectivity index (χ3n) is 5.21. The van der Waals surface area contributed by atoms with E-state index in [1.165, 1.54) is 11.8 Å². The summed E-state index contributed by atoms with van der Waals surface area (Å²) < 4.78 is 1.82. The summed E-state index contributed by atoms with van der Waals surface area (Å²) in [5, 5.41) is 22.2. The Morgan fingerprint density at radius 2 is 1.91 bits per heavy atom. The Hall–Kier alpha value is -3.59. The highest BCUT2D eigenvalue weighted by Crippen LogP contribution is 2.23. The molecule has 2 aromatic heterocycles. The zero-order valence-electron chi connectivity index (χ0n) is 17.7. The number of hydrogen-bond donors (Lipinski definition) is 3. The lowest BCUT2D eigenvalue weighted by Gasteiger charge is -2.14. The van der Waals surface area contributed by atoms with Gasteiger partial charge in [0.1, 0.15) is 6.04 Å². The van der Waals surface area contributed by atoms with Crippen LogP contribution in [0, 0.1) is 6.92 Å². The lowest BCUT2D eigenvalue weighted by Crippen LogP contribution is -2.43. The zero-order chi connectivity index (χ0) is 22.7. The molecule has 0 saturated heterocycles. The number of aromatic amines is 1. The average molecular weight is 450 g/mol. The number of carboxylic acids is 1. The van der Waals surface area contributed by atoms with Crippen molar-refractivity contribution in [3.05, 3.63) is 65.9 Å². The number of hydrogen-bond acceptors (Lipinski definition) is 5. The van der Waals surface area contributed by atoms with Crippen LogP contribution in [0.3, 0.4) is 0 Å². The van der Waals surface area contributed by atoms with Crippen LogP contribution in [0.25, 0.3) is 22.3 Å². The molecule has 3 N–H and O–H groups in total. The van der Waals surface area contributed by atoms with E-state index in [-0.39, 0.29) is 18.1 Å². The third kappa shape index (κ3) is 4.67.